The molecule has 0 bridgehead atoms. The Bertz CT molecular complexity index is 703. The molecule has 2 aromatic rings. The number of imidazole rings is 1. The fourth-order valence-corrected chi connectivity index (χ4v) is 2.91. The average Bonchev–Trinajstić information content (AvgIpc) is 2.96. The van der Waals surface area contributed by atoms with E-state index in [0.717, 1.165) is 28.5 Å². The first-order valence-electron chi connectivity index (χ1n) is 6.01. The second-order valence-corrected chi connectivity index (χ2v) is 5.26. The van der Waals surface area contributed by atoms with E-state index >= 15 is 0 Å². The molecule has 2 aromatic heterocycles. The number of allylic oxidation sites excluding steroid dienone is 1. The van der Waals surface area contributed by atoms with Gasteiger partial charge in [0, 0.05) is 35.3 Å². The first-order chi connectivity index (χ1) is 9.79. The van der Waals surface area contributed by atoms with Gasteiger partial charge >= 0.3 is 0 Å². The summed E-state index contributed by atoms with van der Waals surface area (Å²) in [7, 11) is 0. The van der Waals surface area contributed by atoms with Crippen LogP contribution < -0.4 is 10.6 Å². The molecule has 4 N–H and O–H groups in total. The van der Waals surface area contributed by atoms with Crippen molar-refractivity contribution in [2.45, 2.75) is 0 Å². The minimum absolute atomic E-state index is 0.588. The van der Waals surface area contributed by atoms with Crippen LogP contribution in [-0.2, 0) is 0 Å². The van der Waals surface area contributed by atoms with Gasteiger partial charge in [0.2, 0.25) is 0 Å². The lowest BCUT2D eigenvalue weighted by atomic mass is 10.3. The van der Waals surface area contributed by atoms with Crippen molar-refractivity contribution in [3.8, 4) is 0 Å². The smallest absolute Gasteiger partial charge is 0.182 e. The highest BCUT2D eigenvalue weighted by Gasteiger charge is 2.18. The van der Waals surface area contributed by atoms with Gasteiger partial charge in [0.25, 0.3) is 0 Å². The van der Waals surface area contributed by atoms with E-state index in [4.69, 9.17) is 11.1 Å². The summed E-state index contributed by atoms with van der Waals surface area (Å²) in [5.74, 6) is 1.69. The number of aromatic nitrogens is 4. The van der Waals surface area contributed by atoms with Crippen molar-refractivity contribution >= 4 is 35.0 Å². The quantitative estimate of drug-likeness (QED) is 0.733. The predicted molar refractivity (Wildman–Crippen MR) is 80.6 cm³/mol. The molecular weight excluding hydrogens is 274 g/mol. The Labute approximate surface area is 119 Å². The lowest BCUT2D eigenvalue weighted by Crippen LogP contribution is -2.25. The van der Waals surface area contributed by atoms with E-state index in [1.54, 1.807) is 24.2 Å². The van der Waals surface area contributed by atoms with E-state index in [0.29, 0.717) is 11.3 Å². The molecule has 0 saturated heterocycles. The van der Waals surface area contributed by atoms with Crippen LogP contribution in [0.5, 0.6) is 0 Å². The van der Waals surface area contributed by atoms with E-state index in [1.165, 1.54) is 12.5 Å². The van der Waals surface area contributed by atoms with E-state index in [9.17, 15) is 0 Å². The first kappa shape index (κ1) is 12.7. The molecule has 0 atom stereocenters. The fraction of sp³-hybridized carbons (Fsp3) is 0.167. The molecule has 0 fully saturated rings. The van der Waals surface area contributed by atoms with Crippen LogP contribution in [-0.4, -0.2) is 38.4 Å². The van der Waals surface area contributed by atoms with Gasteiger partial charge < -0.3 is 21.0 Å². The molecule has 0 spiro atoms. The predicted octanol–water partition coefficient (Wildman–Crippen LogP) is 1.24. The number of nitrogens with zero attached hydrogens (tertiary/aromatic N) is 4. The lowest BCUT2D eigenvalue weighted by molar-refractivity contribution is 0.975. The zero-order valence-electron chi connectivity index (χ0n) is 10.6. The third-order valence-corrected chi connectivity index (χ3v) is 3.92. The van der Waals surface area contributed by atoms with Crippen LogP contribution in [0.25, 0.3) is 11.2 Å². The number of thioether (sulfide) groups is 1. The van der Waals surface area contributed by atoms with Gasteiger partial charge in [0.1, 0.15) is 11.8 Å². The third-order valence-electron chi connectivity index (χ3n) is 2.89. The number of nitrogens with one attached hydrogen (secondary N) is 2. The highest BCUT2D eigenvalue weighted by Crippen LogP contribution is 2.29. The Morgan fingerprint density at radius 3 is 3.20 bits per heavy atom. The maximum absolute atomic E-state index is 7.09. The van der Waals surface area contributed by atoms with Gasteiger partial charge in [-0.2, -0.15) is 0 Å². The lowest BCUT2D eigenvalue weighted by Gasteiger charge is -2.25. The van der Waals surface area contributed by atoms with Gasteiger partial charge in [0.05, 0.1) is 6.33 Å². The van der Waals surface area contributed by atoms with Crippen LogP contribution >= 0.6 is 11.8 Å². The Hall–Kier alpha value is -2.35. The fourth-order valence-electron chi connectivity index (χ4n) is 1.96. The van der Waals surface area contributed by atoms with Crippen LogP contribution in [0.15, 0.2) is 35.5 Å². The SMILES string of the molecule is N=C/C=C(\N)C1=CN(c2ncnc3nc[nH]c23)CCS1. The molecule has 20 heavy (non-hydrogen) atoms. The summed E-state index contributed by atoms with van der Waals surface area (Å²) in [6, 6.07) is 0. The summed E-state index contributed by atoms with van der Waals surface area (Å²) in [6.07, 6.45) is 7.83. The van der Waals surface area contributed by atoms with Crippen molar-refractivity contribution < 1.29 is 0 Å². The second kappa shape index (κ2) is 5.33. The van der Waals surface area contributed by atoms with Gasteiger partial charge in [-0.1, -0.05) is 0 Å². The molecule has 102 valence electrons. The van der Waals surface area contributed by atoms with Crippen molar-refractivity contribution in [2.24, 2.45) is 5.73 Å². The summed E-state index contributed by atoms with van der Waals surface area (Å²) in [6.45, 7) is 0.831. The zero-order valence-corrected chi connectivity index (χ0v) is 11.4. The van der Waals surface area contributed by atoms with Crippen molar-refractivity contribution in [1.82, 2.24) is 19.9 Å². The van der Waals surface area contributed by atoms with Crippen molar-refractivity contribution in [1.29, 1.82) is 5.41 Å². The number of aromatic amines is 1. The van der Waals surface area contributed by atoms with Gasteiger partial charge in [-0.25, -0.2) is 15.0 Å². The number of rotatable bonds is 3. The summed E-state index contributed by atoms with van der Waals surface area (Å²) >= 11 is 1.67. The monoisotopic (exact) mass is 287 g/mol. The van der Waals surface area contributed by atoms with Gasteiger partial charge in [-0.3, -0.25) is 0 Å². The van der Waals surface area contributed by atoms with E-state index < -0.39 is 0 Å². The molecule has 7 nitrogen and oxygen atoms in total. The third kappa shape index (κ3) is 2.25. The van der Waals surface area contributed by atoms with Crippen LogP contribution in [0.2, 0.25) is 0 Å². The molecular formula is C12H13N7S. The first-order valence-corrected chi connectivity index (χ1v) is 7.00. The highest BCUT2D eigenvalue weighted by molar-refractivity contribution is 8.03. The Morgan fingerprint density at radius 2 is 2.35 bits per heavy atom. The van der Waals surface area contributed by atoms with Crippen molar-refractivity contribution in [3.05, 3.63) is 35.5 Å². The Balaban J connectivity index is 2.01. The largest absolute Gasteiger partial charge is 0.398 e. The van der Waals surface area contributed by atoms with Gasteiger partial charge in [-0.15, -0.1) is 11.8 Å². The van der Waals surface area contributed by atoms with E-state index in [1.807, 2.05) is 11.1 Å². The number of H-pyrrole nitrogens is 1. The molecule has 1 aliphatic heterocycles. The molecule has 3 rings (SSSR count). The number of hydrogen-bond donors (Lipinski definition) is 3. The average molecular weight is 287 g/mol. The summed E-state index contributed by atoms with van der Waals surface area (Å²) in [5, 5.41) is 7.09. The molecule has 1 aliphatic rings. The Morgan fingerprint density at radius 1 is 1.45 bits per heavy atom. The summed E-state index contributed by atoms with van der Waals surface area (Å²) in [5.41, 5.74) is 7.98. The topological polar surface area (TPSA) is 108 Å². The van der Waals surface area contributed by atoms with E-state index in [-0.39, 0.29) is 0 Å². The molecule has 0 radical (unpaired) electrons. The van der Waals surface area contributed by atoms with Crippen LogP contribution in [0.3, 0.4) is 0 Å². The molecule has 3 heterocycles. The normalized spacial score (nSPS) is 16.3. The van der Waals surface area contributed by atoms with Crippen LogP contribution in [0, 0.1) is 5.41 Å². The molecule has 0 aliphatic carbocycles. The molecule has 0 aromatic carbocycles. The van der Waals surface area contributed by atoms with Crippen LogP contribution in [0.1, 0.15) is 0 Å². The van der Waals surface area contributed by atoms with Crippen LogP contribution in [0.4, 0.5) is 5.82 Å². The number of fused-ring (bicyclic) bond motifs is 1. The number of hydrogen-bond acceptors (Lipinski definition) is 7. The van der Waals surface area contributed by atoms with Gasteiger partial charge in [0.15, 0.2) is 11.5 Å². The number of nitrogens with two attached hydrogens (primary N) is 1. The zero-order chi connectivity index (χ0) is 13.9. The van der Waals surface area contributed by atoms with Crippen molar-refractivity contribution in [2.75, 3.05) is 17.2 Å². The standard InChI is InChI=1S/C12H13N7S/c13-2-1-8(14)9-5-19(3-4-20-9)12-10-11(16-6-15-10)17-7-18-12/h1-2,5-7,13H,3-4,14H2,(H,15,16,17,18)/b8-1-,13-2?. The summed E-state index contributed by atoms with van der Waals surface area (Å²) in [4.78, 5) is 18.6. The molecule has 0 unspecified atom stereocenters. The summed E-state index contributed by atoms with van der Waals surface area (Å²) < 4.78 is 0. The minimum Gasteiger partial charge on any atom is -0.398 e. The number of anilines is 1. The maximum atomic E-state index is 7.09. The van der Waals surface area contributed by atoms with Crippen molar-refractivity contribution in [3.63, 3.8) is 0 Å². The molecule has 0 amide bonds. The molecule has 0 saturated carbocycles. The maximum Gasteiger partial charge on any atom is 0.182 e. The Kier molecular flexibility index (Phi) is 3.38. The minimum atomic E-state index is 0.588. The highest BCUT2D eigenvalue weighted by atomic mass is 32.2. The second-order valence-electron chi connectivity index (χ2n) is 4.12. The molecule has 8 heteroatoms. The van der Waals surface area contributed by atoms with Gasteiger partial charge in [-0.05, 0) is 6.08 Å². The van der Waals surface area contributed by atoms with E-state index in [2.05, 4.69) is 19.9 Å².